The van der Waals surface area contributed by atoms with Crippen molar-refractivity contribution in [3.63, 3.8) is 0 Å². The number of hydrogen-bond acceptors (Lipinski definition) is 4. The fraction of sp³-hybridized carbons (Fsp3) is 0.692. The Kier molecular flexibility index (Phi) is 5.75. The summed E-state index contributed by atoms with van der Waals surface area (Å²) in [6.07, 6.45) is 1.15. The Bertz CT molecular complexity index is 440. The SMILES string of the molecule is CCC(C)N(C)CCNc1c(C(N)=S)c(C)nn1C. The van der Waals surface area contributed by atoms with Crippen molar-refractivity contribution in [3.05, 3.63) is 11.3 Å². The second-order valence-electron chi connectivity index (χ2n) is 4.96. The summed E-state index contributed by atoms with van der Waals surface area (Å²) in [5.74, 6) is 0.905. The van der Waals surface area contributed by atoms with Gasteiger partial charge in [-0.3, -0.25) is 4.68 Å². The summed E-state index contributed by atoms with van der Waals surface area (Å²) in [6.45, 7) is 8.16. The number of anilines is 1. The maximum Gasteiger partial charge on any atom is 0.134 e. The average Bonchev–Trinajstić information content (AvgIpc) is 2.62. The van der Waals surface area contributed by atoms with Crippen molar-refractivity contribution in [3.8, 4) is 0 Å². The van der Waals surface area contributed by atoms with Gasteiger partial charge < -0.3 is 16.0 Å². The van der Waals surface area contributed by atoms with Crippen molar-refractivity contribution >= 4 is 23.0 Å². The van der Waals surface area contributed by atoms with Crippen LogP contribution in [-0.2, 0) is 7.05 Å². The van der Waals surface area contributed by atoms with E-state index in [4.69, 9.17) is 18.0 Å². The Labute approximate surface area is 121 Å². The van der Waals surface area contributed by atoms with Crippen LogP contribution in [0.25, 0.3) is 0 Å². The lowest BCUT2D eigenvalue weighted by Crippen LogP contribution is -2.33. The first-order valence-corrected chi connectivity index (χ1v) is 7.06. The molecular weight excluding hydrogens is 258 g/mol. The normalized spacial score (nSPS) is 12.7. The number of hydrogen-bond donors (Lipinski definition) is 2. The highest BCUT2D eigenvalue weighted by Gasteiger charge is 2.15. The van der Waals surface area contributed by atoms with Crippen LogP contribution >= 0.6 is 12.2 Å². The molecular formula is C13H25N5S. The maximum absolute atomic E-state index is 5.76. The van der Waals surface area contributed by atoms with Crippen molar-refractivity contribution in [1.82, 2.24) is 14.7 Å². The molecule has 1 atom stereocenters. The molecule has 0 radical (unpaired) electrons. The molecule has 1 heterocycles. The summed E-state index contributed by atoms with van der Waals surface area (Å²) in [5, 5.41) is 7.74. The predicted octanol–water partition coefficient (Wildman–Crippen LogP) is 1.50. The number of likely N-dealkylation sites (N-methyl/N-ethyl adjacent to an activating group) is 1. The molecule has 0 aliphatic carbocycles. The average molecular weight is 283 g/mol. The Morgan fingerprint density at radius 1 is 1.58 bits per heavy atom. The molecule has 1 unspecified atom stereocenters. The monoisotopic (exact) mass is 283 g/mol. The zero-order chi connectivity index (χ0) is 14.6. The van der Waals surface area contributed by atoms with Gasteiger partial charge in [0.15, 0.2) is 0 Å². The number of nitrogens with two attached hydrogens (primary N) is 1. The largest absolute Gasteiger partial charge is 0.389 e. The summed E-state index contributed by atoms with van der Waals surface area (Å²) in [6, 6.07) is 0.588. The fourth-order valence-electron chi connectivity index (χ4n) is 2.04. The van der Waals surface area contributed by atoms with Gasteiger partial charge in [-0.1, -0.05) is 19.1 Å². The lowest BCUT2D eigenvalue weighted by Gasteiger charge is -2.23. The van der Waals surface area contributed by atoms with E-state index in [1.165, 1.54) is 0 Å². The predicted molar refractivity (Wildman–Crippen MR) is 84.7 cm³/mol. The van der Waals surface area contributed by atoms with E-state index in [9.17, 15) is 0 Å². The van der Waals surface area contributed by atoms with E-state index in [-0.39, 0.29) is 0 Å². The van der Waals surface area contributed by atoms with Crippen molar-refractivity contribution < 1.29 is 0 Å². The van der Waals surface area contributed by atoms with Crippen LogP contribution in [-0.4, -0.2) is 45.8 Å². The highest BCUT2D eigenvalue weighted by molar-refractivity contribution is 7.80. The molecule has 0 spiro atoms. The van der Waals surface area contributed by atoms with Gasteiger partial charge in [-0.05, 0) is 27.3 Å². The van der Waals surface area contributed by atoms with Crippen LogP contribution in [0.4, 0.5) is 5.82 Å². The third kappa shape index (κ3) is 3.91. The standard InChI is InChI=1S/C13H25N5S/c1-6-9(2)17(4)8-7-15-13-11(12(14)19)10(3)16-18(13)5/h9,15H,6-8H2,1-5H3,(H2,14,19). The molecule has 0 amide bonds. The molecule has 1 rings (SSSR count). The van der Waals surface area contributed by atoms with Crippen molar-refractivity contribution in [2.45, 2.75) is 33.2 Å². The van der Waals surface area contributed by atoms with Gasteiger partial charge in [0.25, 0.3) is 0 Å². The van der Waals surface area contributed by atoms with Crippen LogP contribution in [0.3, 0.4) is 0 Å². The number of rotatable bonds is 7. The zero-order valence-electron chi connectivity index (χ0n) is 12.5. The molecule has 0 saturated carbocycles. The fourth-order valence-corrected chi connectivity index (χ4v) is 2.28. The van der Waals surface area contributed by atoms with E-state index in [2.05, 4.69) is 36.2 Å². The van der Waals surface area contributed by atoms with E-state index in [0.717, 1.165) is 36.6 Å². The second-order valence-corrected chi connectivity index (χ2v) is 5.40. The molecule has 19 heavy (non-hydrogen) atoms. The molecule has 0 fully saturated rings. The second kappa shape index (κ2) is 6.86. The third-order valence-corrected chi connectivity index (χ3v) is 3.77. The minimum absolute atomic E-state index is 0.392. The Balaban J connectivity index is 2.66. The van der Waals surface area contributed by atoms with Gasteiger partial charge in [-0.2, -0.15) is 5.10 Å². The van der Waals surface area contributed by atoms with E-state index >= 15 is 0 Å². The number of thiocarbonyl (C=S) groups is 1. The van der Waals surface area contributed by atoms with Crippen LogP contribution in [0.5, 0.6) is 0 Å². The van der Waals surface area contributed by atoms with Gasteiger partial charge in [-0.25, -0.2) is 0 Å². The Morgan fingerprint density at radius 2 is 2.21 bits per heavy atom. The summed E-state index contributed by atoms with van der Waals surface area (Å²) in [5.41, 5.74) is 7.48. The van der Waals surface area contributed by atoms with Gasteiger partial charge in [-0.15, -0.1) is 0 Å². The molecule has 0 aromatic carbocycles. The first kappa shape index (κ1) is 15.9. The first-order chi connectivity index (χ1) is 8.88. The summed E-state index contributed by atoms with van der Waals surface area (Å²) in [7, 11) is 4.04. The molecule has 0 saturated heterocycles. The van der Waals surface area contributed by atoms with E-state index in [1.54, 1.807) is 4.68 Å². The van der Waals surface area contributed by atoms with Crippen LogP contribution in [0, 0.1) is 6.92 Å². The van der Waals surface area contributed by atoms with Gasteiger partial charge in [0.2, 0.25) is 0 Å². The number of nitrogens with one attached hydrogen (secondary N) is 1. The van der Waals surface area contributed by atoms with Gasteiger partial charge in [0, 0.05) is 26.2 Å². The number of aryl methyl sites for hydroxylation is 2. The highest BCUT2D eigenvalue weighted by atomic mass is 32.1. The summed E-state index contributed by atoms with van der Waals surface area (Å²) in [4.78, 5) is 2.72. The van der Waals surface area contributed by atoms with Crippen LogP contribution in [0.1, 0.15) is 31.5 Å². The van der Waals surface area contributed by atoms with Crippen LogP contribution < -0.4 is 11.1 Å². The van der Waals surface area contributed by atoms with E-state index in [0.29, 0.717) is 11.0 Å². The minimum Gasteiger partial charge on any atom is -0.389 e. The summed E-state index contributed by atoms with van der Waals surface area (Å²) >= 11 is 5.09. The minimum atomic E-state index is 0.392. The molecule has 3 N–H and O–H groups in total. The topological polar surface area (TPSA) is 59.1 Å². The van der Waals surface area contributed by atoms with Crippen LogP contribution in [0.2, 0.25) is 0 Å². The van der Waals surface area contributed by atoms with Crippen molar-refractivity contribution in [2.75, 3.05) is 25.5 Å². The quantitative estimate of drug-likeness (QED) is 0.743. The Hall–Kier alpha value is -1.14. The molecule has 1 aromatic heterocycles. The van der Waals surface area contributed by atoms with E-state index in [1.807, 2.05) is 14.0 Å². The van der Waals surface area contributed by atoms with Crippen molar-refractivity contribution in [1.29, 1.82) is 0 Å². The van der Waals surface area contributed by atoms with Gasteiger partial charge >= 0.3 is 0 Å². The molecule has 0 bridgehead atoms. The van der Waals surface area contributed by atoms with Gasteiger partial charge in [0.1, 0.15) is 10.8 Å². The maximum atomic E-state index is 5.76. The third-order valence-electron chi connectivity index (χ3n) is 3.57. The van der Waals surface area contributed by atoms with E-state index < -0.39 is 0 Å². The zero-order valence-corrected chi connectivity index (χ0v) is 13.3. The van der Waals surface area contributed by atoms with Gasteiger partial charge in [0.05, 0.1) is 11.3 Å². The lowest BCUT2D eigenvalue weighted by molar-refractivity contribution is 0.261. The molecule has 1 aromatic rings. The first-order valence-electron chi connectivity index (χ1n) is 6.66. The Morgan fingerprint density at radius 3 is 2.74 bits per heavy atom. The van der Waals surface area contributed by atoms with Crippen molar-refractivity contribution in [2.24, 2.45) is 12.8 Å². The number of nitrogens with zero attached hydrogens (tertiary/aromatic N) is 3. The lowest BCUT2D eigenvalue weighted by atomic mass is 10.2. The molecule has 0 aliphatic rings. The molecule has 6 heteroatoms. The molecule has 0 aliphatic heterocycles. The highest BCUT2D eigenvalue weighted by Crippen LogP contribution is 2.18. The van der Waals surface area contributed by atoms with Crippen LogP contribution in [0.15, 0.2) is 0 Å². The number of aromatic nitrogens is 2. The summed E-state index contributed by atoms with van der Waals surface area (Å²) < 4.78 is 1.80. The molecule has 108 valence electrons. The smallest absolute Gasteiger partial charge is 0.134 e. The molecule has 5 nitrogen and oxygen atoms in total.